The van der Waals surface area contributed by atoms with E-state index in [2.05, 4.69) is 9.72 Å². The van der Waals surface area contributed by atoms with E-state index in [1.165, 1.54) is 21.9 Å². The highest BCUT2D eigenvalue weighted by molar-refractivity contribution is 7.15. The van der Waals surface area contributed by atoms with Crippen molar-refractivity contribution in [3.05, 3.63) is 27.6 Å². The Kier molecular flexibility index (Phi) is 3.82. The molecule has 2 aromatic rings. The molecular formula is C13H14N2O5S. The van der Waals surface area contributed by atoms with Crippen LogP contribution >= 0.6 is 11.3 Å². The lowest BCUT2D eigenvalue weighted by Crippen LogP contribution is -2.30. The normalized spacial score (nSPS) is 11.4. The van der Waals surface area contributed by atoms with Gasteiger partial charge in [-0.15, -0.1) is 11.3 Å². The van der Waals surface area contributed by atoms with E-state index in [0.29, 0.717) is 4.96 Å². The standard InChI is InChI=1S/C13H14N2O5S/c1-13(2,3)11(18)20-8-7(10(17)19-4)14-12-15(9(8)16)5-6-21-12/h5-6H,1-4H3. The van der Waals surface area contributed by atoms with Gasteiger partial charge in [-0.1, -0.05) is 0 Å². The molecule has 0 radical (unpaired) electrons. The zero-order valence-electron chi connectivity index (χ0n) is 12.0. The number of aromatic nitrogens is 2. The summed E-state index contributed by atoms with van der Waals surface area (Å²) in [5, 5.41) is 1.64. The molecule has 0 aliphatic rings. The molecule has 0 bridgehead atoms. The summed E-state index contributed by atoms with van der Waals surface area (Å²) in [6, 6.07) is 0. The van der Waals surface area contributed by atoms with Gasteiger partial charge in [-0.25, -0.2) is 9.78 Å². The molecule has 0 spiro atoms. The predicted molar refractivity (Wildman–Crippen MR) is 75.8 cm³/mol. The Labute approximate surface area is 124 Å². The molecule has 0 amide bonds. The Bertz CT molecular complexity index is 769. The SMILES string of the molecule is COC(=O)c1nc2sccn2c(=O)c1OC(=O)C(C)(C)C. The number of hydrogen-bond acceptors (Lipinski definition) is 7. The Morgan fingerprint density at radius 1 is 1.33 bits per heavy atom. The maximum Gasteiger partial charge on any atom is 0.360 e. The number of methoxy groups -OCH3 is 1. The third-order valence-corrected chi connectivity index (χ3v) is 3.37. The molecule has 112 valence electrons. The van der Waals surface area contributed by atoms with Gasteiger partial charge in [0.25, 0.3) is 0 Å². The largest absolute Gasteiger partial charge is 0.464 e. The van der Waals surface area contributed by atoms with Crippen molar-refractivity contribution in [2.24, 2.45) is 5.41 Å². The second-order valence-electron chi connectivity index (χ2n) is 5.28. The number of esters is 2. The molecule has 0 unspecified atom stereocenters. The number of fused-ring (bicyclic) bond motifs is 1. The van der Waals surface area contributed by atoms with Gasteiger partial charge in [0.1, 0.15) is 0 Å². The molecule has 0 saturated carbocycles. The smallest absolute Gasteiger partial charge is 0.360 e. The van der Waals surface area contributed by atoms with E-state index in [4.69, 9.17) is 4.74 Å². The summed E-state index contributed by atoms with van der Waals surface area (Å²) in [5.41, 5.74) is -1.75. The molecule has 0 saturated heterocycles. The fraction of sp³-hybridized carbons (Fsp3) is 0.385. The maximum absolute atomic E-state index is 12.3. The first kappa shape index (κ1) is 15.2. The number of carbonyl (C=O) groups is 2. The van der Waals surface area contributed by atoms with Crippen LogP contribution in [0.25, 0.3) is 4.96 Å². The lowest BCUT2D eigenvalue weighted by Gasteiger charge is -2.16. The van der Waals surface area contributed by atoms with E-state index in [0.717, 1.165) is 7.11 Å². The minimum absolute atomic E-state index is 0.303. The summed E-state index contributed by atoms with van der Waals surface area (Å²) in [5.74, 6) is -1.89. The first-order valence-electron chi connectivity index (χ1n) is 6.06. The van der Waals surface area contributed by atoms with Crippen LogP contribution in [0, 0.1) is 5.41 Å². The molecule has 2 heterocycles. The lowest BCUT2D eigenvalue weighted by atomic mass is 9.97. The highest BCUT2D eigenvalue weighted by Crippen LogP contribution is 2.21. The van der Waals surface area contributed by atoms with Crippen LogP contribution in [0.2, 0.25) is 0 Å². The van der Waals surface area contributed by atoms with Gasteiger partial charge < -0.3 is 9.47 Å². The number of ether oxygens (including phenoxy) is 2. The number of carbonyl (C=O) groups excluding carboxylic acids is 2. The summed E-state index contributed by atoms with van der Waals surface area (Å²) < 4.78 is 10.9. The number of nitrogens with zero attached hydrogens (tertiary/aromatic N) is 2. The molecule has 2 rings (SSSR count). The van der Waals surface area contributed by atoms with Gasteiger partial charge in [0.05, 0.1) is 12.5 Å². The van der Waals surface area contributed by atoms with E-state index < -0.39 is 28.7 Å². The summed E-state index contributed by atoms with van der Waals surface area (Å²) in [4.78, 5) is 40.4. The highest BCUT2D eigenvalue weighted by Gasteiger charge is 2.29. The van der Waals surface area contributed by atoms with E-state index in [9.17, 15) is 14.4 Å². The third kappa shape index (κ3) is 2.80. The Morgan fingerprint density at radius 3 is 2.57 bits per heavy atom. The average molecular weight is 310 g/mol. The molecule has 0 aliphatic heterocycles. The third-order valence-electron chi connectivity index (χ3n) is 2.61. The average Bonchev–Trinajstić information content (AvgIpc) is 2.88. The molecular weight excluding hydrogens is 296 g/mol. The summed E-state index contributed by atoms with van der Waals surface area (Å²) >= 11 is 1.18. The summed E-state index contributed by atoms with van der Waals surface area (Å²) in [6.07, 6.45) is 1.49. The van der Waals surface area contributed by atoms with Crippen LogP contribution in [-0.2, 0) is 9.53 Å². The van der Waals surface area contributed by atoms with Gasteiger partial charge in [-0.2, -0.15) is 0 Å². The number of rotatable bonds is 2. The van der Waals surface area contributed by atoms with Gasteiger partial charge >= 0.3 is 17.5 Å². The first-order valence-corrected chi connectivity index (χ1v) is 6.94. The molecule has 0 N–H and O–H groups in total. The zero-order valence-corrected chi connectivity index (χ0v) is 12.8. The molecule has 0 fully saturated rings. The van der Waals surface area contributed by atoms with Crippen molar-refractivity contribution in [3.8, 4) is 5.75 Å². The monoisotopic (exact) mass is 310 g/mol. The quantitative estimate of drug-likeness (QED) is 0.781. The van der Waals surface area contributed by atoms with Crippen molar-refractivity contribution < 1.29 is 19.1 Å². The molecule has 8 heteroatoms. The van der Waals surface area contributed by atoms with Crippen molar-refractivity contribution in [1.29, 1.82) is 0 Å². The summed E-state index contributed by atoms with van der Waals surface area (Å²) in [7, 11) is 1.16. The van der Waals surface area contributed by atoms with Crippen LogP contribution in [0.15, 0.2) is 16.4 Å². The van der Waals surface area contributed by atoms with Crippen molar-refractivity contribution in [3.63, 3.8) is 0 Å². The number of thiazole rings is 1. The van der Waals surface area contributed by atoms with Crippen molar-refractivity contribution >= 4 is 28.2 Å². The van der Waals surface area contributed by atoms with E-state index in [1.54, 1.807) is 26.2 Å². The van der Waals surface area contributed by atoms with Gasteiger partial charge in [-0.05, 0) is 20.8 Å². The van der Waals surface area contributed by atoms with E-state index in [-0.39, 0.29) is 5.69 Å². The van der Waals surface area contributed by atoms with Gasteiger partial charge in [0.15, 0.2) is 10.7 Å². The molecule has 21 heavy (non-hydrogen) atoms. The Hall–Kier alpha value is -2.22. The maximum atomic E-state index is 12.3. The minimum atomic E-state index is -0.834. The Balaban J connectivity index is 2.64. The van der Waals surface area contributed by atoms with Crippen LogP contribution in [0.5, 0.6) is 5.75 Å². The lowest BCUT2D eigenvalue weighted by molar-refractivity contribution is -0.143. The molecule has 2 aromatic heterocycles. The van der Waals surface area contributed by atoms with Gasteiger partial charge in [0, 0.05) is 11.6 Å². The second kappa shape index (κ2) is 5.28. The zero-order chi connectivity index (χ0) is 15.8. The van der Waals surface area contributed by atoms with Crippen LogP contribution < -0.4 is 10.3 Å². The van der Waals surface area contributed by atoms with Crippen molar-refractivity contribution in [2.75, 3.05) is 7.11 Å². The fourth-order valence-corrected chi connectivity index (χ4v) is 2.14. The second-order valence-corrected chi connectivity index (χ2v) is 6.15. The predicted octanol–water partition coefficient (Wildman–Crippen LogP) is 1.49. The van der Waals surface area contributed by atoms with E-state index >= 15 is 0 Å². The van der Waals surface area contributed by atoms with Gasteiger partial charge in [-0.3, -0.25) is 14.0 Å². The van der Waals surface area contributed by atoms with E-state index in [1.807, 2.05) is 0 Å². The van der Waals surface area contributed by atoms with Crippen molar-refractivity contribution in [1.82, 2.24) is 9.38 Å². The Morgan fingerprint density at radius 2 is 2.00 bits per heavy atom. The highest BCUT2D eigenvalue weighted by atomic mass is 32.1. The van der Waals surface area contributed by atoms with Crippen LogP contribution in [0.4, 0.5) is 0 Å². The first-order chi connectivity index (χ1) is 9.75. The van der Waals surface area contributed by atoms with Crippen LogP contribution in [0.3, 0.4) is 0 Å². The topological polar surface area (TPSA) is 87.0 Å². The molecule has 0 atom stereocenters. The summed E-state index contributed by atoms with van der Waals surface area (Å²) in [6.45, 7) is 4.92. The molecule has 0 aromatic carbocycles. The van der Waals surface area contributed by atoms with Gasteiger partial charge in [0.2, 0.25) is 5.75 Å². The molecule has 0 aliphatic carbocycles. The fourth-order valence-electron chi connectivity index (χ4n) is 1.44. The van der Waals surface area contributed by atoms with Crippen LogP contribution in [0.1, 0.15) is 31.3 Å². The van der Waals surface area contributed by atoms with Crippen molar-refractivity contribution in [2.45, 2.75) is 20.8 Å². The van der Waals surface area contributed by atoms with Crippen LogP contribution in [-0.4, -0.2) is 28.4 Å². The minimum Gasteiger partial charge on any atom is -0.464 e. The number of hydrogen-bond donors (Lipinski definition) is 0. The molecule has 7 nitrogen and oxygen atoms in total.